The molecule has 10 N–H and O–H groups in total. The summed E-state index contributed by atoms with van der Waals surface area (Å²) < 4.78 is 0. The fourth-order valence-corrected chi connectivity index (χ4v) is 5.46. The molecule has 4 atom stereocenters. The van der Waals surface area contributed by atoms with E-state index in [1.807, 2.05) is 30.3 Å². The maximum Gasteiger partial charge on any atom is 0.326 e. The van der Waals surface area contributed by atoms with Crippen molar-refractivity contribution in [3.05, 3.63) is 35.9 Å². The van der Waals surface area contributed by atoms with Crippen molar-refractivity contribution in [1.82, 2.24) is 26.6 Å². The van der Waals surface area contributed by atoms with E-state index >= 15 is 0 Å². The second-order valence-electron chi connectivity index (χ2n) is 13.6. The summed E-state index contributed by atoms with van der Waals surface area (Å²) in [5.41, 5.74) is 6.76. The van der Waals surface area contributed by atoms with E-state index in [9.17, 15) is 53.7 Å². The van der Waals surface area contributed by atoms with Gasteiger partial charge in [0.05, 0.1) is 6.42 Å². The first kappa shape index (κ1) is 47.0. The third kappa shape index (κ3) is 21.5. The van der Waals surface area contributed by atoms with E-state index in [0.717, 1.165) is 12.8 Å². The van der Waals surface area contributed by atoms with E-state index in [2.05, 4.69) is 26.6 Å². The molecule has 5 amide bonds. The van der Waals surface area contributed by atoms with E-state index in [-0.39, 0.29) is 31.1 Å². The molecule has 0 aromatic heterocycles. The molecule has 0 fully saturated rings. The number of hydrogen-bond acceptors (Lipinski definition) is 9. The van der Waals surface area contributed by atoms with Gasteiger partial charge in [0.2, 0.25) is 29.5 Å². The molecule has 54 heavy (non-hydrogen) atoms. The first-order valence-electron chi connectivity index (χ1n) is 18.5. The zero-order valence-electron chi connectivity index (χ0n) is 31.3. The molecule has 17 nitrogen and oxygen atoms in total. The zero-order valence-corrected chi connectivity index (χ0v) is 31.3. The third-order valence-electron chi connectivity index (χ3n) is 8.33. The summed E-state index contributed by atoms with van der Waals surface area (Å²) in [4.78, 5) is 99.3. The number of amides is 5. The highest BCUT2D eigenvalue weighted by Gasteiger charge is 2.32. The molecule has 0 aliphatic heterocycles. The number of unbranched alkanes of at least 4 members (excludes halogenated alkanes) is 3. The van der Waals surface area contributed by atoms with Crippen molar-refractivity contribution in [3.8, 4) is 0 Å². The molecule has 302 valence electrons. The average Bonchev–Trinajstić information content (AvgIpc) is 3.10. The normalized spacial score (nSPS) is 13.1. The number of rotatable bonds is 29. The van der Waals surface area contributed by atoms with Crippen molar-refractivity contribution in [1.29, 1.82) is 0 Å². The van der Waals surface area contributed by atoms with Crippen LogP contribution in [0, 0.1) is 5.92 Å². The number of benzene rings is 1. The number of hydrogen-bond donors (Lipinski definition) is 9. The molecule has 0 radical (unpaired) electrons. The Morgan fingerprint density at radius 3 is 1.80 bits per heavy atom. The molecular weight excluding hydrogens is 704 g/mol. The van der Waals surface area contributed by atoms with E-state index in [0.29, 0.717) is 51.6 Å². The zero-order chi connectivity index (χ0) is 40.5. The van der Waals surface area contributed by atoms with Gasteiger partial charge < -0.3 is 47.6 Å². The minimum Gasteiger partial charge on any atom is -0.481 e. The fourth-order valence-electron chi connectivity index (χ4n) is 5.46. The van der Waals surface area contributed by atoms with Gasteiger partial charge in [0.15, 0.2) is 0 Å². The number of carbonyl (C=O) groups is 8. The lowest BCUT2D eigenvalue weighted by atomic mass is 10.0. The Bertz CT molecular complexity index is 1380. The fraction of sp³-hybridized carbons (Fsp3) is 0.622. The summed E-state index contributed by atoms with van der Waals surface area (Å²) >= 11 is 0. The highest BCUT2D eigenvalue weighted by Crippen LogP contribution is 2.10. The van der Waals surface area contributed by atoms with Crippen LogP contribution in [0.2, 0.25) is 0 Å². The number of carboxylic acid groups (broad SMARTS) is 3. The Morgan fingerprint density at radius 2 is 1.20 bits per heavy atom. The molecule has 0 aliphatic carbocycles. The van der Waals surface area contributed by atoms with E-state index in [1.54, 1.807) is 13.8 Å². The highest BCUT2D eigenvalue weighted by atomic mass is 16.4. The van der Waals surface area contributed by atoms with Crippen LogP contribution in [0.4, 0.5) is 0 Å². The Balaban J connectivity index is 2.80. The summed E-state index contributed by atoms with van der Waals surface area (Å²) in [5.74, 6) is -7.72. The lowest BCUT2D eigenvalue weighted by Gasteiger charge is -2.25. The van der Waals surface area contributed by atoms with Crippen LogP contribution < -0.4 is 32.3 Å². The first-order chi connectivity index (χ1) is 25.6. The van der Waals surface area contributed by atoms with Crippen LogP contribution in [0.15, 0.2) is 30.3 Å². The SMILES string of the molecule is CC(C)C[C@H](NC(=O)[C@H](CCC(=O)O)NC(=O)[C@H](CC(=O)O)NC(=O)[C@H](CCCCN)NC(=O)CCCCCNC(=O)CCCc1ccccc1)C(=O)O. The van der Waals surface area contributed by atoms with Crippen molar-refractivity contribution in [2.24, 2.45) is 11.7 Å². The maximum absolute atomic E-state index is 13.4. The van der Waals surface area contributed by atoms with Gasteiger partial charge in [0.25, 0.3) is 0 Å². The van der Waals surface area contributed by atoms with Gasteiger partial charge >= 0.3 is 17.9 Å². The Labute approximate surface area is 316 Å². The van der Waals surface area contributed by atoms with Crippen LogP contribution in [-0.4, -0.2) is 100 Å². The maximum atomic E-state index is 13.4. The lowest BCUT2D eigenvalue weighted by Crippen LogP contribution is -2.58. The van der Waals surface area contributed by atoms with Gasteiger partial charge in [0, 0.05) is 25.8 Å². The molecule has 17 heteroatoms. The minimum absolute atomic E-state index is 0.0441. The number of nitrogens with one attached hydrogen (secondary N) is 5. The summed E-state index contributed by atoms with van der Waals surface area (Å²) in [6.45, 7) is 4.24. The number of aryl methyl sites for hydroxylation is 1. The van der Waals surface area contributed by atoms with E-state index in [1.165, 1.54) is 5.56 Å². The van der Waals surface area contributed by atoms with Crippen molar-refractivity contribution < 1.29 is 53.7 Å². The van der Waals surface area contributed by atoms with E-state index in [4.69, 9.17) is 5.73 Å². The molecule has 0 heterocycles. The summed E-state index contributed by atoms with van der Waals surface area (Å²) in [6, 6.07) is 4.10. The van der Waals surface area contributed by atoms with Crippen molar-refractivity contribution >= 4 is 47.4 Å². The number of carbonyl (C=O) groups excluding carboxylic acids is 5. The van der Waals surface area contributed by atoms with Crippen LogP contribution >= 0.6 is 0 Å². The second kappa shape index (κ2) is 26.7. The molecule has 0 unspecified atom stereocenters. The Hall–Kier alpha value is -5.06. The predicted molar refractivity (Wildman–Crippen MR) is 198 cm³/mol. The highest BCUT2D eigenvalue weighted by molar-refractivity contribution is 5.96. The van der Waals surface area contributed by atoms with Gasteiger partial charge in [-0.1, -0.05) is 50.6 Å². The largest absolute Gasteiger partial charge is 0.481 e. The molecule has 0 bridgehead atoms. The summed E-state index contributed by atoms with van der Waals surface area (Å²) in [5, 5.41) is 40.6. The lowest BCUT2D eigenvalue weighted by molar-refractivity contribution is -0.144. The monoisotopic (exact) mass is 762 g/mol. The van der Waals surface area contributed by atoms with E-state index < -0.39 is 85.0 Å². The van der Waals surface area contributed by atoms with Crippen molar-refractivity contribution in [2.75, 3.05) is 13.1 Å². The quantitative estimate of drug-likeness (QED) is 0.0521. The summed E-state index contributed by atoms with van der Waals surface area (Å²) in [6.07, 6.45) is 2.93. The Kier molecular flexibility index (Phi) is 23.2. The smallest absolute Gasteiger partial charge is 0.326 e. The minimum atomic E-state index is -1.73. The number of aliphatic carboxylic acids is 3. The van der Waals surface area contributed by atoms with Crippen LogP contribution in [-0.2, 0) is 44.8 Å². The van der Waals surface area contributed by atoms with Gasteiger partial charge in [-0.3, -0.25) is 33.6 Å². The van der Waals surface area contributed by atoms with Gasteiger partial charge in [0.1, 0.15) is 24.2 Å². The van der Waals surface area contributed by atoms with Crippen LogP contribution in [0.3, 0.4) is 0 Å². The molecule has 1 aromatic carbocycles. The molecule has 0 aliphatic rings. The van der Waals surface area contributed by atoms with Crippen LogP contribution in [0.5, 0.6) is 0 Å². The average molecular weight is 763 g/mol. The predicted octanol–water partition coefficient (Wildman–Crippen LogP) is 1.22. The van der Waals surface area contributed by atoms with Crippen LogP contribution in [0.1, 0.15) is 103 Å². The molecule has 0 saturated carbocycles. The molecule has 0 saturated heterocycles. The standard InChI is InChI=1S/C37H58N6O11/c1-24(2)22-29(37(53)54)43-35(51)27(18-19-32(46)47)41-36(52)28(23-33(48)49)42-34(50)26(15-8-9-20-38)40-31(45)16-7-4-10-21-39-30(44)17-11-14-25-12-5-3-6-13-25/h3,5-6,12-13,24,26-29H,4,7-11,14-23,38H2,1-2H3,(H,39,44)(H,40,45)(H,41,52)(H,42,50)(H,43,51)(H,46,47)(H,48,49)(H,53,54)/t26-,27-,28-,29-/m0/s1. The second-order valence-corrected chi connectivity index (χ2v) is 13.6. The van der Waals surface area contributed by atoms with Crippen molar-refractivity contribution in [3.63, 3.8) is 0 Å². The van der Waals surface area contributed by atoms with Gasteiger partial charge in [-0.05, 0) is 75.8 Å². The molecular formula is C37H58N6O11. The summed E-state index contributed by atoms with van der Waals surface area (Å²) in [7, 11) is 0. The topological polar surface area (TPSA) is 283 Å². The number of carboxylic acids is 3. The molecule has 1 aromatic rings. The van der Waals surface area contributed by atoms with Gasteiger partial charge in [-0.2, -0.15) is 0 Å². The Morgan fingerprint density at radius 1 is 0.611 bits per heavy atom. The van der Waals surface area contributed by atoms with Gasteiger partial charge in [-0.25, -0.2) is 4.79 Å². The van der Waals surface area contributed by atoms with Crippen molar-refractivity contribution in [2.45, 2.75) is 128 Å². The first-order valence-corrected chi connectivity index (χ1v) is 18.5. The third-order valence-corrected chi connectivity index (χ3v) is 8.33. The molecule has 1 rings (SSSR count). The number of nitrogens with two attached hydrogens (primary N) is 1. The van der Waals surface area contributed by atoms with Gasteiger partial charge in [-0.15, -0.1) is 0 Å². The molecule has 0 spiro atoms. The van der Waals surface area contributed by atoms with Crippen LogP contribution in [0.25, 0.3) is 0 Å².